The third kappa shape index (κ3) is 10.2. The molecule has 3 heteroatoms. The Kier molecular flexibility index (Phi) is 10.3. The van der Waals surface area contributed by atoms with Gasteiger partial charge in [0.2, 0.25) is 0 Å². The predicted octanol–water partition coefficient (Wildman–Crippen LogP) is 2.21. The molecule has 0 aliphatic heterocycles. The Bertz CT molecular complexity index is 129. The average Bonchev–Trinajstić information content (AvgIpc) is 2.20. The highest BCUT2D eigenvalue weighted by Crippen LogP contribution is 2.01. The fourth-order valence-corrected chi connectivity index (χ4v) is 1.42. The van der Waals surface area contributed by atoms with E-state index in [2.05, 4.69) is 26.1 Å². The van der Waals surface area contributed by atoms with Crippen molar-refractivity contribution in [3.05, 3.63) is 0 Å². The van der Waals surface area contributed by atoms with Crippen LogP contribution in [-0.2, 0) is 9.47 Å². The van der Waals surface area contributed by atoms with Gasteiger partial charge in [-0.1, -0.05) is 6.92 Å². The van der Waals surface area contributed by atoms with Crippen molar-refractivity contribution in [3.8, 4) is 0 Å². The second-order valence-corrected chi connectivity index (χ2v) is 3.98. The number of hydrogen-bond acceptors (Lipinski definition) is 3. The van der Waals surface area contributed by atoms with Crippen molar-refractivity contribution in [1.29, 1.82) is 0 Å². The van der Waals surface area contributed by atoms with Crippen molar-refractivity contribution in [1.82, 2.24) is 5.32 Å². The van der Waals surface area contributed by atoms with Gasteiger partial charge in [0.05, 0.1) is 12.7 Å². The first-order valence-electron chi connectivity index (χ1n) is 6.13. The first kappa shape index (κ1) is 14.9. The SMILES string of the molecule is CCNC(CCCOCC)COC(C)C. The Hall–Kier alpha value is -0.120. The Morgan fingerprint density at radius 2 is 1.93 bits per heavy atom. The minimum Gasteiger partial charge on any atom is -0.382 e. The van der Waals surface area contributed by atoms with Gasteiger partial charge in [0.25, 0.3) is 0 Å². The van der Waals surface area contributed by atoms with Crippen molar-refractivity contribution in [3.63, 3.8) is 0 Å². The normalized spacial score (nSPS) is 13.4. The fourth-order valence-electron chi connectivity index (χ4n) is 1.42. The molecule has 1 unspecified atom stereocenters. The maximum atomic E-state index is 5.61. The third-order valence-corrected chi connectivity index (χ3v) is 2.17. The summed E-state index contributed by atoms with van der Waals surface area (Å²) in [5.41, 5.74) is 0. The lowest BCUT2D eigenvalue weighted by atomic mass is 10.1. The van der Waals surface area contributed by atoms with E-state index >= 15 is 0 Å². The summed E-state index contributed by atoms with van der Waals surface area (Å²) in [5.74, 6) is 0. The van der Waals surface area contributed by atoms with E-state index in [0.717, 1.165) is 39.2 Å². The zero-order chi connectivity index (χ0) is 11.5. The van der Waals surface area contributed by atoms with Crippen LogP contribution in [0.25, 0.3) is 0 Å². The lowest BCUT2D eigenvalue weighted by Gasteiger charge is -2.19. The summed E-state index contributed by atoms with van der Waals surface area (Å²) < 4.78 is 10.9. The van der Waals surface area contributed by atoms with Crippen LogP contribution >= 0.6 is 0 Å². The molecule has 0 spiro atoms. The van der Waals surface area contributed by atoms with Gasteiger partial charge in [-0.05, 0) is 40.2 Å². The van der Waals surface area contributed by atoms with Crippen molar-refractivity contribution < 1.29 is 9.47 Å². The number of rotatable bonds is 10. The molecular formula is C12H27NO2. The minimum atomic E-state index is 0.318. The summed E-state index contributed by atoms with van der Waals surface area (Å²) in [4.78, 5) is 0. The van der Waals surface area contributed by atoms with Crippen LogP contribution in [0.3, 0.4) is 0 Å². The number of hydrogen-bond donors (Lipinski definition) is 1. The zero-order valence-electron chi connectivity index (χ0n) is 10.7. The summed E-state index contributed by atoms with van der Waals surface area (Å²) in [5, 5.41) is 3.43. The van der Waals surface area contributed by atoms with Crippen LogP contribution in [-0.4, -0.2) is 38.5 Å². The van der Waals surface area contributed by atoms with E-state index < -0.39 is 0 Å². The van der Waals surface area contributed by atoms with Crippen LogP contribution in [0.2, 0.25) is 0 Å². The van der Waals surface area contributed by atoms with E-state index in [1.807, 2.05) is 6.92 Å². The van der Waals surface area contributed by atoms with Crippen molar-refractivity contribution in [2.75, 3.05) is 26.4 Å². The van der Waals surface area contributed by atoms with Gasteiger partial charge in [-0.15, -0.1) is 0 Å². The molecule has 15 heavy (non-hydrogen) atoms. The first-order chi connectivity index (χ1) is 7.20. The molecule has 92 valence electrons. The molecule has 0 aliphatic carbocycles. The number of nitrogens with one attached hydrogen (secondary N) is 1. The molecule has 1 N–H and O–H groups in total. The maximum absolute atomic E-state index is 5.61. The standard InChI is InChI=1S/C12H27NO2/c1-5-13-12(10-15-11(3)4)8-7-9-14-6-2/h11-13H,5-10H2,1-4H3. The fraction of sp³-hybridized carbons (Fsp3) is 1.00. The Labute approximate surface area is 94.5 Å². The average molecular weight is 217 g/mol. The molecule has 1 atom stereocenters. The summed E-state index contributed by atoms with van der Waals surface area (Å²) in [6.45, 7) is 11.8. The molecule has 0 aromatic rings. The molecule has 0 rings (SSSR count). The lowest BCUT2D eigenvalue weighted by molar-refractivity contribution is 0.0566. The smallest absolute Gasteiger partial charge is 0.0623 e. The van der Waals surface area contributed by atoms with Gasteiger partial charge in [-0.3, -0.25) is 0 Å². The first-order valence-corrected chi connectivity index (χ1v) is 6.13. The summed E-state index contributed by atoms with van der Waals surface area (Å²) >= 11 is 0. The van der Waals surface area contributed by atoms with Crippen LogP contribution in [0.5, 0.6) is 0 Å². The van der Waals surface area contributed by atoms with Crippen molar-refractivity contribution in [2.45, 2.75) is 52.7 Å². The van der Waals surface area contributed by atoms with Gasteiger partial charge in [-0.2, -0.15) is 0 Å². The molecule has 0 fully saturated rings. The van der Waals surface area contributed by atoms with E-state index in [4.69, 9.17) is 9.47 Å². The highest BCUT2D eigenvalue weighted by Gasteiger charge is 2.07. The van der Waals surface area contributed by atoms with Crippen molar-refractivity contribution in [2.24, 2.45) is 0 Å². The molecule has 0 radical (unpaired) electrons. The van der Waals surface area contributed by atoms with Crippen LogP contribution in [0.4, 0.5) is 0 Å². The number of ether oxygens (including phenoxy) is 2. The Morgan fingerprint density at radius 3 is 2.47 bits per heavy atom. The molecule has 0 bridgehead atoms. The van der Waals surface area contributed by atoms with Gasteiger partial charge in [0.1, 0.15) is 0 Å². The molecule has 3 nitrogen and oxygen atoms in total. The van der Waals surface area contributed by atoms with E-state index in [1.165, 1.54) is 0 Å². The Morgan fingerprint density at radius 1 is 1.20 bits per heavy atom. The third-order valence-electron chi connectivity index (χ3n) is 2.17. The highest BCUT2D eigenvalue weighted by molar-refractivity contribution is 4.65. The van der Waals surface area contributed by atoms with Crippen LogP contribution in [0, 0.1) is 0 Å². The van der Waals surface area contributed by atoms with E-state index in [1.54, 1.807) is 0 Å². The molecule has 0 amide bonds. The zero-order valence-corrected chi connectivity index (χ0v) is 10.7. The van der Waals surface area contributed by atoms with E-state index in [9.17, 15) is 0 Å². The Balaban J connectivity index is 3.53. The summed E-state index contributed by atoms with van der Waals surface area (Å²) in [7, 11) is 0. The van der Waals surface area contributed by atoms with Gasteiger partial charge < -0.3 is 14.8 Å². The topological polar surface area (TPSA) is 30.5 Å². The van der Waals surface area contributed by atoms with E-state index in [0.29, 0.717) is 12.1 Å². The van der Waals surface area contributed by atoms with Gasteiger partial charge in [0, 0.05) is 19.3 Å². The lowest BCUT2D eigenvalue weighted by Crippen LogP contribution is -2.34. The monoisotopic (exact) mass is 217 g/mol. The van der Waals surface area contributed by atoms with Crippen LogP contribution in [0.15, 0.2) is 0 Å². The quantitative estimate of drug-likeness (QED) is 0.569. The molecule has 0 aliphatic rings. The number of likely N-dealkylation sites (N-methyl/N-ethyl adjacent to an activating group) is 1. The van der Waals surface area contributed by atoms with Gasteiger partial charge in [-0.25, -0.2) is 0 Å². The van der Waals surface area contributed by atoms with Gasteiger partial charge in [0.15, 0.2) is 0 Å². The largest absolute Gasteiger partial charge is 0.382 e. The van der Waals surface area contributed by atoms with Gasteiger partial charge >= 0.3 is 0 Å². The molecule has 0 heterocycles. The maximum Gasteiger partial charge on any atom is 0.0623 e. The second kappa shape index (κ2) is 10.4. The van der Waals surface area contributed by atoms with E-state index in [-0.39, 0.29) is 0 Å². The molecule has 0 aromatic carbocycles. The molecular weight excluding hydrogens is 190 g/mol. The summed E-state index contributed by atoms with van der Waals surface area (Å²) in [6, 6.07) is 0.470. The molecule has 0 saturated carbocycles. The minimum absolute atomic E-state index is 0.318. The molecule has 0 aromatic heterocycles. The second-order valence-electron chi connectivity index (χ2n) is 3.98. The van der Waals surface area contributed by atoms with Crippen LogP contribution < -0.4 is 5.32 Å². The van der Waals surface area contributed by atoms with Crippen LogP contribution in [0.1, 0.15) is 40.5 Å². The molecule has 0 saturated heterocycles. The highest BCUT2D eigenvalue weighted by atomic mass is 16.5. The predicted molar refractivity (Wildman–Crippen MR) is 64.3 cm³/mol. The van der Waals surface area contributed by atoms with Crippen molar-refractivity contribution >= 4 is 0 Å². The summed E-state index contributed by atoms with van der Waals surface area (Å²) in [6.07, 6.45) is 2.55.